The number of carboxylic acid groups (broad SMARTS) is 1. The molecule has 25 heavy (non-hydrogen) atoms. The van der Waals surface area contributed by atoms with E-state index in [1.807, 2.05) is 27.9 Å². The highest BCUT2D eigenvalue weighted by atomic mass is 16.4. The fourth-order valence-electron chi connectivity index (χ4n) is 2.26. The van der Waals surface area contributed by atoms with E-state index in [9.17, 15) is 9.59 Å². The van der Waals surface area contributed by atoms with Crippen LogP contribution in [-0.2, 0) is 9.59 Å². The number of hydrogen-bond donors (Lipinski definition) is 4. The normalized spacial score (nSPS) is 18.4. The average Bonchev–Trinajstić information content (AvgIpc) is 3.15. The largest absolute Gasteiger partial charge is 0.477 e. The standard InChI is InChI=1S/C14H23NO4.C4H12N2/c1-14(2)9-10(14)12(17)15-11(13(18)19)7-5-3-4-6-8-16;1-6(2)4-3-5/h7,10,16H,3-6,8-9H2,1-2H3,(H,15,17)(H,18,19);3-5H2,1-2H3/b11-7+;. The van der Waals surface area contributed by atoms with Crippen LogP contribution in [0.5, 0.6) is 0 Å². The summed E-state index contributed by atoms with van der Waals surface area (Å²) < 4.78 is 0. The Morgan fingerprint density at radius 2 is 1.88 bits per heavy atom. The van der Waals surface area contributed by atoms with Gasteiger partial charge in [-0.25, -0.2) is 4.79 Å². The Balaban J connectivity index is 0.000000823. The second kappa shape index (κ2) is 12.0. The van der Waals surface area contributed by atoms with Gasteiger partial charge in [-0.05, 0) is 45.2 Å². The number of allylic oxidation sites excluding steroid dienone is 1. The number of aliphatic hydroxyl groups is 1. The molecule has 1 unspecified atom stereocenters. The number of hydrogen-bond acceptors (Lipinski definition) is 5. The van der Waals surface area contributed by atoms with Crippen molar-refractivity contribution in [1.29, 1.82) is 0 Å². The van der Waals surface area contributed by atoms with Gasteiger partial charge in [0, 0.05) is 25.6 Å². The second-order valence-corrected chi connectivity index (χ2v) is 7.32. The van der Waals surface area contributed by atoms with E-state index in [1.54, 1.807) is 6.08 Å². The van der Waals surface area contributed by atoms with Crippen LogP contribution in [0, 0.1) is 11.3 Å². The molecular formula is C18H35N3O4. The molecule has 0 bridgehead atoms. The van der Waals surface area contributed by atoms with Crippen LogP contribution in [0.3, 0.4) is 0 Å². The molecule has 0 radical (unpaired) electrons. The molecule has 1 aliphatic carbocycles. The van der Waals surface area contributed by atoms with Gasteiger partial charge >= 0.3 is 5.97 Å². The van der Waals surface area contributed by atoms with Gasteiger partial charge in [0.2, 0.25) is 5.91 Å². The number of aliphatic hydroxyl groups excluding tert-OH is 1. The summed E-state index contributed by atoms with van der Waals surface area (Å²) in [6, 6.07) is 0. The lowest BCUT2D eigenvalue weighted by molar-refractivity contribution is -0.135. The molecular weight excluding hydrogens is 322 g/mol. The van der Waals surface area contributed by atoms with Crippen LogP contribution < -0.4 is 11.1 Å². The maximum Gasteiger partial charge on any atom is 0.352 e. The van der Waals surface area contributed by atoms with Crippen molar-refractivity contribution in [2.75, 3.05) is 33.8 Å². The molecule has 0 spiro atoms. The summed E-state index contributed by atoms with van der Waals surface area (Å²) in [5.74, 6) is -1.38. The number of nitrogens with zero attached hydrogens (tertiary/aromatic N) is 1. The van der Waals surface area contributed by atoms with Crippen molar-refractivity contribution in [1.82, 2.24) is 10.2 Å². The number of rotatable bonds is 10. The molecule has 0 aromatic rings. The Hall–Kier alpha value is -1.44. The molecule has 1 saturated carbocycles. The SMILES string of the molecule is CC1(C)CC1C(=O)N/C(=C/CCCCCO)C(=O)O.CN(C)CCN. The molecule has 0 aliphatic heterocycles. The van der Waals surface area contributed by atoms with Crippen LogP contribution in [0.15, 0.2) is 11.8 Å². The molecule has 0 aromatic carbocycles. The average molecular weight is 357 g/mol. The van der Waals surface area contributed by atoms with E-state index in [0.29, 0.717) is 6.42 Å². The van der Waals surface area contributed by atoms with E-state index in [4.69, 9.17) is 15.9 Å². The highest BCUT2D eigenvalue weighted by molar-refractivity contribution is 5.94. The van der Waals surface area contributed by atoms with Gasteiger partial charge in [-0.2, -0.15) is 0 Å². The number of nitrogens with one attached hydrogen (secondary N) is 1. The van der Waals surface area contributed by atoms with E-state index in [1.165, 1.54) is 0 Å². The van der Waals surface area contributed by atoms with Crippen molar-refractivity contribution in [3.63, 3.8) is 0 Å². The minimum atomic E-state index is -1.10. The molecule has 0 heterocycles. The third kappa shape index (κ3) is 10.9. The monoisotopic (exact) mass is 357 g/mol. The molecule has 0 aromatic heterocycles. The van der Waals surface area contributed by atoms with Gasteiger partial charge in [0.1, 0.15) is 5.70 Å². The van der Waals surface area contributed by atoms with Crippen LogP contribution in [0.2, 0.25) is 0 Å². The molecule has 1 rings (SSSR count). The van der Waals surface area contributed by atoms with Crippen molar-refractivity contribution in [2.45, 2.75) is 46.0 Å². The molecule has 0 saturated heterocycles. The first-order valence-corrected chi connectivity index (χ1v) is 8.85. The van der Waals surface area contributed by atoms with Crippen molar-refractivity contribution < 1.29 is 19.8 Å². The summed E-state index contributed by atoms with van der Waals surface area (Å²) in [7, 11) is 4.01. The van der Waals surface area contributed by atoms with Gasteiger partial charge in [0.05, 0.1) is 0 Å². The first kappa shape index (κ1) is 23.6. The lowest BCUT2D eigenvalue weighted by Gasteiger charge is -2.07. The van der Waals surface area contributed by atoms with Gasteiger partial charge in [-0.1, -0.05) is 26.3 Å². The van der Waals surface area contributed by atoms with Gasteiger partial charge in [0.25, 0.3) is 0 Å². The highest BCUT2D eigenvalue weighted by Crippen LogP contribution is 2.51. The van der Waals surface area contributed by atoms with E-state index in [0.717, 1.165) is 38.8 Å². The van der Waals surface area contributed by atoms with Crippen LogP contribution in [0.1, 0.15) is 46.0 Å². The molecule has 7 heteroatoms. The first-order chi connectivity index (χ1) is 11.7. The van der Waals surface area contributed by atoms with Gasteiger partial charge < -0.3 is 26.2 Å². The molecule has 1 fully saturated rings. The number of unbranched alkanes of at least 4 members (excludes halogenated alkanes) is 3. The van der Waals surface area contributed by atoms with E-state index < -0.39 is 5.97 Å². The molecule has 1 aliphatic rings. The minimum Gasteiger partial charge on any atom is -0.477 e. The number of carbonyl (C=O) groups is 2. The summed E-state index contributed by atoms with van der Waals surface area (Å²) in [4.78, 5) is 24.9. The Morgan fingerprint density at radius 1 is 1.28 bits per heavy atom. The maximum absolute atomic E-state index is 11.8. The fraction of sp³-hybridized carbons (Fsp3) is 0.778. The van der Waals surface area contributed by atoms with Crippen molar-refractivity contribution in [2.24, 2.45) is 17.1 Å². The molecule has 1 atom stereocenters. The van der Waals surface area contributed by atoms with Crippen LogP contribution in [0.25, 0.3) is 0 Å². The highest BCUT2D eigenvalue weighted by Gasteiger charge is 2.50. The summed E-state index contributed by atoms with van der Waals surface area (Å²) in [5.41, 5.74) is 5.15. The topological polar surface area (TPSA) is 116 Å². The zero-order valence-corrected chi connectivity index (χ0v) is 16.0. The maximum atomic E-state index is 11.8. The Labute approximate surface area is 151 Å². The third-order valence-electron chi connectivity index (χ3n) is 4.11. The van der Waals surface area contributed by atoms with Gasteiger partial charge in [-0.3, -0.25) is 4.79 Å². The van der Waals surface area contributed by atoms with Gasteiger partial charge in [0.15, 0.2) is 0 Å². The number of amides is 1. The number of carbonyl (C=O) groups excluding carboxylic acids is 1. The van der Waals surface area contributed by atoms with Crippen molar-refractivity contribution in [3.05, 3.63) is 11.8 Å². The van der Waals surface area contributed by atoms with E-state index in [2.05, 4.69) is 10.2 Å². The fourth-order valence-corrected chi connectivity index (χ4v) is 2.26. The van der Waals surface area contributed by atoms with Gasteiger partial charge in [-0.15, -0.1) is 0 Å². The van der Waals surface area contributed by atoms with Crippen molar-refractivity contribution in [3.8, 4) is 0 Å². The minimum absolute atomic E-state index is 0.00514. The lowest BCUT2D eigenvalue weighted by Crippen LogP contribution is -2.29. The Bertz CT molecular complexity index is 448. The smallest absolute Gasteiger partial charge is 0.352 e. The third-order valence-corrected chi connectivity index (χ3v) is 4.11. The zero-order valence-electron chi connectivity index (χ0n) is 16.0. The summed E-state index contributed by atoms with van der Waals surface area (Å²) in [6.07, 6.45) is 5.33. The Kier molecular flexibility index (Phi) is 11.3. The quantitative estimate of drug-likeness (QED) is 0.345. The van der Waals surface area contributed by atoms with Crippen LogP contribution in [0.4, 0.5) is 0 Å². The first-order valence-electron chi connectivity index (χ1n) is 8.85. The molecule has 146 valence electrons. The van der Waals surface area contributed by atoms with Crippen molar-refractivity contribution >= 4 is 11.9 Å². The van der Waals surface area contributed by atoms with Crippen LogP contribution >= 0.6 is 0 Å². The molecule has 1 amide bonds. The second-order valence-electron chi connectivity index (χ2n) is 7.32. The summed E-state index contributed by atoms with van der Waals surface area (Å²) >= 11 is 0. The summed E-state index contributed by atoms with van der Waals surface area (Å²) in [6.45, 7) is 5.89. The number of nitrogens with two attached hydrogens (primary N) is 1. The Morgan fingerprint density at radius 3 is 2.24 bits per heavy atom. The zero-order chi connectivity index (χ0) is 19.5. The predicted molar refractivity (Wildman–Crippen MR) is 98.9 cm³/mol. The molecule has 5 N–H and O–H groups in total. The van der Waals surface area contributed by atoms with E-state index >= 15 is 0 Å². The molecule has 7 nitrogen and oxygen atoms in total. The van der Waals surface area contributed by atoms with E-state index in [-0.39, 0.29) is 29.5 Å². The number of carboxylic acids is 1. The predicted octanol–water partition coefficient (Wildman–Crippen LogP) is 1.18. The number of aliphatic carboxylic acids is 1. The summed E-state index contributed by atoms with van der Waals surface area (Å²) in [5, 5.41) is 20.2. The lowest BCUT2D eigenvalue weighted by atomic mass is 10.1. The van der Waals surface area contributed by atoms with Crippen LogP contribution in [-0.4, -0.2) is 60.8 Å². The number of likely N-dealkylation sites (N-methyl/N-ethyl adjacent to an activating group) is 1.